The molecule has 110 valence electrons. The SMILES string of the molecule is CCc1ccccc1NC(=S)N(CC)c1cccc(C)c1. The van der Waals surface area contributed by atoms with Gasteiger partial charge in [0.1, 0.15) is 0 Å². The Morgan fingerprint density at radius 1 is 1.10 bits per heavy atom. The predicted octanol–water partition coefficient (Wildman–Crippen LogP) is 4.78. The molecule has 1 N–H and O–H groups in total. The zero-order valence-electron chi connectivity index (χ0n) is 12.9. The van der Waals surface area contributed by atoms with Crippen molar-refractivity contribution in [2.75, 3.05) is 16.8 Å². The van der Waals surface area contributed by atoms with Gasteiger partial charge in [-0.1, -0.05) is 37.3 Å². The van der Waals surface area contributed by atoms with Gasteiger partial charge in [-0.25, -0.2) is 0 Å². The summed E-state index contributed by atoms with van der Waals surface area (Å²) in [4.78, 5) is 2.12. The van der Waals surface area contributed by atoms with E-state index in [9.17, 15) is 0 Å². The van der Waals surface area contributed by atoms with Gasteiger partial charge in [-0.15, -0.1) is 0 Å². The van der Waals surface area contributed by atoms with Crippen LogP contribution in [0.5, 0.6) is 0 Å². The lowest BCUT2D eigenvalue weighted by atomic mass is 10.1. The topological polar surface area (TPSA) is 15.3 Å². The van der Waals surface area contributed by atoms with Crippen LogP contribution in [0.3, 0.4) is 0 Å². The Hall–Kier alpha value is -1.87. The second-order valence-electron chi connectivity index (χ2n) is 5.02. The fraction of sp³-hybridized carbons (Fsp3) is 0.278. The maximum Gasteiger partial charge on any atom is 0.177 e. The highest BCUT2D eigenvalue weighted by Gasteiger charge is 2.11. The molecule has 21 heavy (non-hydrogen) atoms. The first kappa shape index (κ1) is 15.5. The van der Waals surface area contributed by atoms with Gasteiger partial charge in [0.2, 0.25) is 0 Å². The van der Waals surface area contributed by atoms with E-state index in [1.54, 1.807) is 0 Å². The molecule has 2 aromatic carbocycles. The van der Waals surface area contributed by atoms with Crippen molar-refractivity contribution >= 4 is 28.7 Å². The largest absolute Gasteiger partial charge is 0.332 e. The second kappa shape index (κ2) is 7.23. The molecule has 2 aromatic rings. The van der Waals surface area contributed by atoms with Crippen molar-refractivity contribution in [2.24, 2.45) is 0 Å². The third-order valence-electron chi connectivity index (χ3n) is 3.51. The van der Waals surface area contributed by atoms with Crippen LogP contribution < -0.4 is 10.2 Å². The van der Waals surface area contributed by atoms with Gasteiger partial charge in [0.15, 0.2) is 5.11 Å². The molecule has 0 spiro atoms. The molecule has 3 heteroatoms. The minimum atomic E-state index is 0.740. The van der Waals surface area contributed by atoms with E-state index >= 15 is 0 Å². The van der Waals surface area contributed by atoms with Gasteiger partial charge >= 0.3 is 0 Å². The van der Waals surface area contributed by atoms with Gasteiger partial charge in [0, 0.05) is 17.9 Å². The molecular weight excluding hydrogens is 276 g/mol. The van der Waals surface area contributed by atoms with Gasteiger partial charge in [0.25, 0.3) is 0 Å². The quantitative estimate of drug-likeness (QED) is 0.818. The normalized spacial score (nSPS) is 10.2. The van der Waals surface area contributed by atoms with E-state index in [0.29, 0.717) is 0 Å². The molecule has 0 aliphatic heterocycles. The number of thiocarbonyl (C=S) groups is 1. The monoisotopic (exact) mass is 298 g/mol. The van der Waals surface area contributed by atoms with E-state index < -0.39 is 0 Å². The smallest absolute Gasteiger partial charge is 0.177 e. The summed E-state index contributed by atoms with van der Waals surface area (Å²) in [6.07, 6.45) is 0.988. The summed E-state index contributed by atoms with van der Waals surface area (Å²) in [6.45, 7) is 7.20. The zero-order valence-corrected chi connectivity index (χ0v) is 13.7. The fourth-order valence-corrected chi connectivity index (χ4v) is 2.72. The molecule has 0 aliphatic rings. The summed E-state index contributed by atoms with van der Waals surface area (Å²) in [5.74, 6) is 0. The molecule has 0 fully saturated rings. The van der Waals surface area contributed by atoms with Crippen LogP contribution >= 0.6 is 12.2 Å². The zero-order chi connectivity index (χ0) is 15.2. The number of nitrogens with one attached hydrogen (secondary N) is 1. The number of benzene rings is 2. The lowest BCUT2D eigenvalue weighted by Gasteiger charge is -2.25. The lowest BCUT2D eigenvalue weighted by Crippen LogP contribution is -2.34. The van der Waals surface area contributed by atoms with E-state index in [4.69, 9.17) is 12.2 Å². The summed E-state index contributed by atoms with van der Waals surface area (Å²) in [6, 6.07) is 16.7. The molecule has 2 nitrogen and oxygen atoms in total. The number of anilines is 2. The highest BCUT2D eigenvalue weighted by Crippen LogP contribution is 2.20. The minimum absolute atomic E-state index is 0.740. The fourth-order valence-electron chi connectivity index (χ4n) is 2.37. The van der Waals surface area contributed by atoms with Crippen LogP contribution in [0, 0.1) is 6.92 Å². The summed E-state index contributed by atoms with van der Waals surface area (Å²) in [5.41, 5.74) is 4.74. The molecule has 0 saturated carbocycles. The van der Waals surface area contributed by atoms with E-state index in [0.717, 1.165) is 29.5 Å². The standard InChI is InChI=1S/C18H22N2S/c1-4-15-10-6-7-12-17(15)19-18(21)20(5-2)16-11-8-9-14(3)13-16/h6-13H,4-5H2,1-3H3,(H,19,21). The number of nitrogens with zero attached hydrogens (tertiary/aromatic N) is 1. The van der Waals surface area contributed by atoms with Crippen molar-refractivity contribution in [1.82, 2.24) is 0 Å². The van der Waals surface area contributed by atoms with Crippen molar-refractivity contribution in [3.05, 3.63) is 59.7 Å². The Morgan fingerprint density at radius 3 is 2.52 bits per heavy atom. The lowest BCUT2D eigenvalue weighted by molar-refractivity contribution is 1.06. The molecule has 0 bridgehead atoms. The maximum atomic E-state index is 5.60. The predicted molar refractivity (Wildman–Crippen MR) is 96.2 cm³/mol. The average molecular weight is 298 g/mol. The van der Waals surface area contributed by atoms with E-state index in [2.05, 4.69) is 73.5 Å². The summed E-state index contributed by atoms with van der Waals surface area (Å²) in [7, 11) is 0. The first-order valence-electron chi connectivity index (χ1n) is 7.38. The van der Waals surface area contributed by atoms with Crippen LogP contribution in [0.25, 0.3) is 0 Å². The Bertz CT molecular complexity index is 622. The van der Waals surface area contributed by atoms with Crippen LogP contribution in [0.4, 0.5) is 11.4 Å². The highest BCUT2D eigenvalue weighted by atomic mass is 32.1. The Morgan fingerprint density at radius 2 is 1.86 bits per heavy atom. The number of para-hydroxylation sites is 1. The van der Waals surface area contributed by atoms with Crippen LogP contribution in [0.15, 0.2) is 48.5 Å². The van der Waals surface area contributed by atoms with Crippen molar-refractivity contribution in [3.63, 3.8) is 0 Å². The molecule has 0 aromatic heterocycles. The van der Waals surface area contributed by atoms with Gasteiger partial charge in [0.05, 0.1) is 0 Å². The number of rotatable bonds is 4. The molecule has 0 saturated heterocycles. The Kier molecular flexibility index (Phi) is 5.34. The van der Waals surface area contributed by atoms with E-state index in [1.807, 2.05) is 6.07 Å². The van der Waals surface area contributed by atoms with E-state index in [-0.39, 0.29) is 0 Å². The molecule has 0 aliphatic carbocycles. The van der Waals surface area contributed by atoms with Crippen LogP contribution in [0.2, 0.25) is 0 Å². The first-order chi connectivity index (χ1) is 10.2. The van der Waals surface area contributed by atoms with Gasteiger partial charge in [-0.2, -0.15) is 0 Å². The van der Waals surface area contributed by atoms with Crippen molar-refractivity contribution in [3.8, 4) is 0 Å². The van der Waals surface area contributed by atoms with Crippen LogP contribution in [-0.4, -0.2) is 11.7 Å². The number of hydrogen-bond acceptors (Lipinski definition) is 1. The van der Waals surface area contributed by atoms with Crippen molar-refractivity contribution in [1.29, 1.82) is 0 Å². The minimum Gasteiger partial charge on any atom is -0.332 e. The molecular formula is C18H22N2S. The molecule has 0 amide bonds. The molecule has 0 unspecified atom stereocenters. The second-order valence-corrected chi connectivity index (χ2v) is 5.41. The van der Waals surface area contributed by atoms with Gasteiger partial charge in [-0.3, -0.25) is 0 Å². The molecule has 2 rings (SSSR count). The number of aryl methyl sites for hydroxylation is 2. The van der Waals surface area contributed by atoms with Crippen LogP contribution in [-0.2, 0) is 6.42 Å². The first-order valence-corrected chi connectivity index (χ1v) is 7.79. The summed E-state index contributed by atoms with van der Waals surface area (Å²) in [5, 5.41) is 4.13. The number of hydrogen-bond donors (Lipinski definition) is 1. The Balaban J connectivity index is 2.21. The average Bonchev–Trinajstić information content (AvgIpc) is 2.48. The third-order valence-corrected chi connectivity index (χ3v) is 3.84. The summed E-state index contributed by atoms with van der Waals surface area (Å²) < 4.78 is 0. The van der Waals surface area contributed by atoms with Crippen LogP contribution in [0.1, 0.15) is 25.0 Å². The molecule has 0 radical (unpaired) electrons. The van der Waals surface area contributed by atoms with Gasteiger partial charge < -0.3 is 10.2 Å². The highest BCUT2D eigenvalue weighted by molar-refractivity contribution is 7.80. The molecule has 0 atom stereocenters. The third kappa shape index (κ3) is 3.82. The van der Waals surface area contributed by atoms with Crippen molar-refractivity contribution in [2.45, 2.75) is 27.2 Å². The summed E-state index contributed by atoms with van der Waals surface area (Å²) >= 11 is 5.60. The van der Waals surface area contributed by atoms with E-state index in [1.165, 1.54) is 11.1 Å². The van der Waals surface area contributed by atoms with Crippen molar-refractivity contribution < 1.29 is 0 Å². The Labute approximate surface area is 132 Å². The maximum absolute atomic E-state index is 5.60. The van der Waals surface area contributed by atoms with Gasteiger partial charge in [-0.05, 0) is 61.8 Å². The molecule has 0 heterocycles.